The van der Waals surface area contributed by atoms with Crippen LogP contribution in [0.25, 0.3) is 10.9 Å². The number of rotatable bonds is 7. The molecule has 0 unspecified atom stereocenters. The molecule has 3 aromatic rings. The van der Waals surface area contributed by atoms with E-state index in [2.05, 4.69) is 15.5 Å². The van der Waals surface area contributed by atoms with E-state index in [0.717, 1.165) is 5.56 Å². The minimum atomic E-state index is -0.884. The first-order chi connectivity index (χ1) is 13.6. The zero-order valence-corrected chi connectivity index (χ0v) is 15.2. The zero-order valence-electron chi connectivity index (χ0n) is 15.2. The van der Waals surface area contributed by atoms with Gasteiger partial charge in [0.1, 0.15) is 6.04 Å². The summed E-state index contributed by atoms with van der Waals surface area (Å²) in [6.45, 7) is -0.539. The lowest BCUT2D eigenvalue weighted by molar-refractivity contribution is -0.145. The molecule has 0 aliphatic carbocycles. The van der Waals surface area contributed by atoms with Crippen molar-refractivity contribution >= 4 is 28.7 Å². The maximum Gasteiger partial charge on any atom is 0.359 e. The number of methoxy groups -OCH3 is 1. The van der Waals surface area contributed by atoms with Crippen molar-refractivity contribution in [3.63, 3.8) is 0 Å². The number of carbonyl (C=O) groups excluding carboxylic acids is 3. The molecular weight excluding hydrogens is 362 g/mol. The summed E-state index contributed by atoms with van der Waals surface area (Å²) in [5, 5.41) is 9.79. The first kappa shape index (κ1) is 19.1. The van der Waals surface area contributed by atoms with E-state index in [1.54, 1.807) is 18.2 Å². The molecule has 0 fully saturated rings. The van der Waals surface area contributed by atoms with E-state index in [-0.39, 0.29) is 12.1 Å². The Bertz CT molecular complexity index is 984. The van der Waals surface area contributed by atoms with E-state index in [1.165, 1.54) is 7.11 Å². The number of H-pyrrole nitrogens is 1. The second-order valence-electron chi connectivity index (χ2n) is 6.03. The Morgan fingerprint density at radius 1 is 1.07 bits per heavy atom. The molecule has 8 heteroatoms. The molecule has 0 saturated heterocycles. The molecular formula is C20H19N3O5. The van der Waals surface area contributed by atoms with Crippen LogP contribution in [0.15, 0.2) is 54.6 Å². The predicted molar refractivity (Wildman–Crippen MR) is 100 cm³/mol. The molecule has 0 radical (unpaired) electrons. The van der Waals surface area contributed by atoms with Crippen molar-refractivity contribution in [2.24, 2.45) is 0 Å². The monoisotopic (exact) mass is 381 g/mol. The SMILES string of the molecule is COC(=O)[C@@H](Cc1ccccc1)NC(=O)COC(=O)c1n[nH]c2ccccc12. The van der Waals surface area contributed by atoms with E-state index in [4.69, 9.17) is 9.47 Å². The summed E-state index contributed by atoms with van der Waals surface area (Å²) in [4.78, 5) is 36.4. The Kier molecular flexibility index (Phi) is 6.01. The van der Waals surface area contributed by atoms with Gasteiger partial charge < -0.3 is 14.8 Å². The molecule has 0 aliphatic heterocycles. The maximum atomic E-state index is 12.2. The predicted octanol–water partition coefficient (Wildman–Crippen LogP) is 1.62. The molecule has 1 amide bonds. The Balaban J connectivity index is 1.59. The second kappa shape index (κ2) is 8.81. The van der Waals surface area contributed by atoms with E-state index in [1.807, 2.05) is 36.4 Å². The lowest BCUT2D eigenvalue weighted by Crippen LogP contribution is -2.44. The smallest absolute Gasteiger partial charge is 0.359 e. The number of hydrogen-bond acceptors (Lipinski definition) is 6. The molecule has 2 aromatic carbocycles. The molecule has 0 saturated carbocycles. The standard InChI is InChI=1S/C20H19N3O5/c1-27-19(25)16(11-13-7-3-2-4-8-13)21-17(24)12-28-20(26)18-14-9-5-6-10-15(14)22-23-18/h2-10,16H,11-12H2,1H3,(H,21,24)(H,22,23)/t16-/m1/s1. The van der Waals surface area contributed by atoms with Gasteiger partial charge in [-0.15, -0.1) is 0 Å². The summed E-state index contributed by atoms with van der Waals surface area (Å²) in [6.07, 6.45) is 0.261. The minimum absolute atomic E-state index is 0.0946. The van der Waals surface area contributed by atoms with E-state index in [9.17, 15) is 14.4 Å². The van der Waals surface area contributed by atoms with Crippen molar-refractivity contribution < 1.29 is 23.9 Å². The summed E-state index contributed by atoms with van der Waals surface area (Å²) >= 11 is 0. The molecule has 1 heterocycles. The summed E-state index contributed by atoms with van der Waals surface area (Å²) in [7, 11) is 1.25. The van der Waals surface area contributed by atoms with Gasteiger partial charge in [0, 0.05) is 11.8 Å². The number of carbonyl (C=O) groups is 3. The molecule has 3 rings (SSSR count). The number of benzene rings is 2. The lowest BCUT2D eigenvalue weighted by Gasteiger charge is -2.16. The van der Waals surface area contributed by atoms with Gasteiger partial charge in [0.15, 0.2) is 12.3 Å². The number of fused-ring (bicyclic) bond motifs is 1. The topological polar surface area (TPSA) is 110 Å². The molecule has 0 aliphatic rings. The average Bonchev–Trinajstić information content (AvgIpc) is 3.16. The number of hydrogen-bond donors (Lipinski definition) is 2. The van der Waals surface area contributed by atoms with Crippen molar-refractivity contribution in [2.75, 3.05) is 13.7 Å². The number of aromatic amines is 1. The highest BCUT2D eigenvalue weighted by Crippen LogP contribution is 2.15. The highest BCUT2D eigenvalue weighted by atomic mass is 16.5. The van der Waals surface area contributed by atoms with Crippen LogP contribution in [0.1, 0.15) is 16.1 Å². The number of nitrogens with one attached hydrogen (secondary N) is 2. The van der Waals surface area contributed by atoms with Crippen molar-refractivity contribution in [3.05, 3.63) is 65.9 Å². The molecule has 2 N–H and O–H groups in total. The van der Waals surface area contributed by atoms with E-state index < -0.39 is 30.5 Å². The van der Waals surface area contributed by atoms with Crippen LogP contribution in [0.4, 0.5) is 0 Å². The molecule has 144 valence electrons. The largest absolute Gasteiger partial charge is 0.467 e. The third-order valence-electron chi connectivity index (χ3n) is 4.10. The van der Waals surface area contributed by atoms with Crippen LogP contribution in [0.2, 0.25) is 0 Å². The van der Waals surface area contributed by atoms with Gasteiger partial charge in [0.25, 0.3) is 5.91 Å². The fourth-order valence-corrected chi connectivity index (χ4v) is 2.74. The van der Waals surface area contributed by atoms with Gasteiger partial charge in [-0.2, -0.15) is 5.10 Å². The summed E-state index contributed by atoms with van der Waals surface area (Å²) in [6, 6.07) is 15.4. The van der Waals surface area contributed by atoms with Crippen molar-refractivity contribution in [1.82, 2.24) is 15.5 Å². The molecule has 8 nitrogen and oxygen atoms in total. The molecule has 1 aromatic heterocycles. The Labute approximate surface area is 160 Å². The van der Waals surface area contributed by atoms with Crippen molar-refractivity contribution in [2.45, 2.75) is 12.5 Å². The third-order valence-corrected chi connectivity index (χ3v) is 4.10. The van der Waals surface area contributed by atoms with Gasteiger partial charge in [-0.25, -0.2) is 9.59 Å². The highest BCUT2D eigenvalue weighted by molar-refractivity contribution is 6.02. The summed E-state index contributed by atoms with van der Waals surface area (Å²) in [5.74, 6) is -1.92. The maximum absolute atomic E-state index is 12.2. The number of nitrogens with zero attached hydrogens (tertiary/aromatic N) is 1. The van der Waals surface area contributed by atoms with Crippen LogP contribution >= 0.6 is 0 Å². The van der Waals surface area contributed by atoms with E-state index in [0.29, 0.717) is 10.9 Å². The number of esters is 2. The third kappa shape index (κ3) is 4.53. The molecule has 1 atom stereocenters. The lowest BCUT2D eigenvalue weighted by atomic mass is 10.1. The van der Waals surface area contributed by atoms with Gasteiger partial charge in [0.2, 0.25) is 0 Å². The summed E-state index contributed by atoms with van der Waals surface area (Å²) in [5.41, 5.74) is 1.64. The second-order valence-corrected chi connectivity index (χ2v) is 6.03. The van der Waals surface area contributed by atoms with Gasteiger partial charge >= 0.3 is 11.9 Å². The van der Waals surface area contributed by atoms with E-state index >= 15 is 0 Å². The number of para-hydroxylation sites is 1. The van der Waals surface area contributed by atoms with Crippen LogP contribution in [0.3, 0.4) is 0 Å². The van der Waals surface area contributed by atoms with Gasteiger partial charge in [-0.1, -0.05) is 48.5 Å². The quantitative estimate of drug-likeness (QED) is 0.602. The number of amides is 1. The minimum Gasteiger partial charge on any atom is -0.467 e. The molecule has 0 spiro atoms. The number of aromatic nitrogens is 2. The first-order valence-corrected chi connectivity index (χ1v) is 8.60. The number of ether oxygens (including phenoxy) is 2. The first-order valence-electron chi connectivity index (χ1n) is 8.60. The highest BCUT2D eigenvalue weighted by Gasteiger charge is 2.23. The molecule has 0 bridgehead atoms. The van der Waals surface area contributed by atoms with Crippen LogP contribution in [0.5, 0.6) is 0 Å². The van der Waals surface area contributed by atoms with Crippen LogP contribution in [-0.2, 0) is 25.5 Å². The van der Waals surface area contributed by atoms with Crippen LogP contribution in [0, 0.1) is 0 Å². The zero-order chi connectivity index (χ0) is 19.9. The average molecular weight is 381 g/mol. The molecule has 28 heavy (non-hydrogen) atoms. The normalized spacial score (nSPS) is 11.6. The Hall–Kier alpha value is -3.68. The van der Waals surface area contributed by atoms with Gasteiger partial charge in [-0.05, 0) is 11.6 Å². The Morgan fingerprint density at radius 2 is 1.79 bits per heavy atom. The summed E-state index contributed by atoms with van der Waals surface area (Å²) < 4.78 is 9.78. The van der Waals surface area contributed by atoms with Crippen molar-refractivity contribution in [1.29, 1.82) is 0 Å². The fraction of sp³-hybridized carbons (Fsp3) is 0.200. The van der Waals surface area contributed by atoms with Gasteiger partial charge in [0.05, 0.1) is 12.6 Å². The van der Waals surface area contributed by atoms with Crippen molar-refractivity contribution in [3.8, 4) is 0 Å². The van der Waals surface area contributed by atoms with Crippen LogP contribution < -0.4 is 5.32 Å². The Morgan fingerprint density at radius 3 is 2.54 bits per heavy atom. The fourth-order valence-electron chi connectivity index (χ4n) is 2.74. The van der Waals surface area contributed by atoms with Gasteiger partial charge in [-0.3, -0.25) is 9.89 Å². The van der Waals surface area contributed by atoms with Crippen LogP contribution in [-0.4, -0.2) is 47.8 Å².